The smallest absolute Gasteiger partial charge is 0.0562 e. The number of nitrogens with one attached hydrogen (secondary N) is 2. The van der Waals surface area contributed by atoms with Crippen LogP contribution >= 0.6 is 15.9 Å². The molecule has 0 aromatic heterocycles. The van der Waals surface area contributed by atoms with Crippen LogP contribution in [0.25, 0.3) is 0 Å². The Hall–Kier alpha value is -0.870. The molecule has 0 bridgehead atoms. The van der Waals surface area contributed by atoms with Crippen molar-refractivity contribution in [1.29, 1.82) is 0 Å². The lowest BCUT2D eigenvalue weighted by atomic mass is 9.76. The molecule has 3 rings (SSSR count). The predicted octanol–water partition coefficient (Wildman–Crippen LogP) is 3.77. The van der Waals surface area contributed by atoms with Gasteiger partial charge in [0.2, 0.25) is 0 Å². The van der Waals surface area contributed by atoms with E-state index in [2.05, 4.69) is 38.8 Å². The molecule has 3 nitrogen and oxygen atoms in total. The highest BCUT2D eigenvalue weighted by Crippen LogP contribution is 2.42. The van der Waals surface area contributed by atoms with Crippen molar-refractivity contribution < 1.29 is 0 Å². The Morgan fingerprint density at radius 1 is 1.11 bits per heavy atom. The maximum atomic E-state index is 4.72. The summed E-state index contributed by atoms with van der Waals surface area (Å²) in [5.74, 6) is 0. The third-order valence-corrected chi connectivity index (χ3v) is 4.93. The highest BCUT2D eigenvalue weighted by atomic mass is 79.9. The summed E-state index contributed by atoms with van der Waals surface area (Å²) in [5.41, 5.74) is 6.06. The molecular formula is C15H20BrN3. The fourth-order valence-corrected chi connectivity index (χ4v) is 3.54. The molecule has 102 valence electrons. The van der Waals surface area contributed by atoms with Crippen LogP contribution in [0.4, 0.5) is 5.69 Å². The van der Waals surface area contributed by atoms with Crippen LogP contribution in [-0.2, 0) is 0 Å². The van der Waals surface area contributed by atoms with E-state index < -0.39 is 0 Å². The normalized spacial score (nSPS) is 23.9. The van der Waals surface area contributed by atoms with E-state index in [1.165, 1.54) is 31.4 Å². The van der Waals surface area contributed by atoms with Crippen LogP contribution in [0.15, 0.2) is 33.8 Å². The molecule has 1 saturated heterocycles. The van der Waals surface area contributed by atoms with Gasteiger partial charge in [-0.1, -0.05) is 15.9 Å². The predicted molar refractivity (Wildman–Crippen MR) is 83.6 cm³/mol. The van der Waals surface area contributed by atoms with E-state index >= 15 is 0 Å². The molecule has 19 heavy (non-hydrogen) atoms. The first kappa shape index (κ1) is 13.1. The van der Waals surface area contributed by atoms with E-state index in [1.54, 1.807) is 0 Å². The van der Waals surface area contributed by atoms with Gasteiger partial charge in [-0.25, -0.2) is 0 Å². The molecule has 2 N–H and O–H groups in total. The maximum Gasteiger partial charge on any atom is 0.0562 e. The Morgan fingerprint density at radius 2 is 1.84 bits per heavy atom. The SMILES string of the molecule is Brc1ccc(N/N=C2\CCCC23CCNCC3)cc1. The van der Waals surface area contributed by atoms with Crippen molar-refractivity contribution in [3.05, 3.63) is 28.7 Å². The summed E-state index contributed by atoms with van der Waals surface area (Å²) in [6.07, 6.45) is 6.25. The number of hydrazone groups is 1. The molecule has 1 heterocycles. The van der Waals surface area contributed by atoms with Crippen molar-refractivity contribution in [3.8, 4) is 0 Å². The minimum Gasteiger partial charge on any atom is -0.317 e. The zero-order chi connectivity index (χ0) is 13.1. The van der Waals surface area contributed by atoms with Crippen molar-refractivity contribution in [2.24, 2.45) is 10.5 Å². The molecule has 0 radical (unpaired) electrons. The molecule has 1 spiro atoms. The summed E-state index contributed by atoms with van der Waals surface area (Å²) in [5, 5.41) is 8.18. The standard InChI is InChI=1S/C15H20BrN3/c16-12-3-5-13(6-4-12)18-19-14-2-1-7-15(14)8-10-17-11-9-15/h3-6,17-18H,1-2,7-11H2/b19-14+. The number of anilines is 1. The van der Waals surface area contributed by atoms with Crippen LogP contribution < -0.4 is 10.7 Å². The van der Waals surface area contributed by atoms with E-state index in [-0.39, 0.29) is 0 Å². The van der Waals surface area contributed by atoms with Gasteiger partial charge >= 0.3 is 0 Å². The maximum absolute atomic E-state index is 4.72. The summed E-state index contributed by atoms with van der Waals surface area (Å²) in [6, 6.07) is 8.19. The summed E-state index contributed by atoms with van der Waals surface area (Å²) in [4.78, 5) is 0. The van der Waals surface area contributed by atoms with Crippen LogP contribution in [0.3, 0.4) is 0 Å². The number of piperidine rings is 1. The first-order chi connectivity index (χ1) is 9.28. The average Bonchev–Trinajstić information content (AvgIpc) is 2.81. The summed E-state index contributed by atoms with van der Waals surface area (Å²) in [6.45, 7) is 2.27. The van der Waals surface area contributed by atoms with E-state index in [0.717, 1.165) is 29.7 Å². The zero-order valence-electron chi connectivity index (χ0n) is 11.1. The molecule has 4 heteroatoms. The van der Waals surface area contributed by atoms with Gasteiger partial charge in [-0.05, 0) is 69.5 Å². The Labute approximate surface area is 123 Å². The van der Waals surface area contributed by atoms with Crippen molar-refractivity contribution in [2.75, 3.05) is 18.5 Å². The van der Waals surface area contributed by atoms with Crippen molar-refractivity contribution in [2.45, 2.75) is 32.1 Å². The van der Waals surface area contributed by atoms with Gasteiger partial charge in [0.05, 0.1) is 5.69 Å². The minimum absolute atomic E-state index is 0.383. The summed E-state index contributed by atoms with van der Waals surface area (Å²) < 4.78 is 1.10. The van der Waals surface area contributed by atoms with Gasteiger partial charge in [-0.3, -0.25) is 5.43 Å². The Bertz CT molecular complexity index is 461. The molecule has 0 unspecified atom stereocenters. The van der Waals surface area contributed by atoms with Gasteiger partial charge in [0.25, 0.3) is 0 Å². The molecule has 1 aromatic rings. The number of nitrogens with zero attached hydrogens (tertiary/aromatic N) is 1. The summed E-state index contributed by atoms with van der Waals surface area (Å²) >= 11 is 3.45. The fraction of sp³-hybridized carbons (Fsp3) is 0.533. The largest absolute Gasteiger partial charge is 0.317 e. The fourth-order valence-electron chi connectivity index (χ4n) is 3.28. The Balaban J connectivity index is 1.73. The second-order valence-electron chi connectivity index (χ2n) is 5.56. The Morgan fingerprint density at radius 3 is 2.58 bits per heavy atom. The quantitative estimate of drug-likeness (QED) is 0.813. The third-order valence-electron chi connectivity index (χ3n) is 4.41. The van der Waals surface area contributed by atoms with E-state index in [1.807, 2.05) is 12.1 Å². The van der Waals surface area contributed by atoms with E-state index in [4.69, 9.17) is 5.10 Å². The van der Waals surface area contributed by atoms with Gasteiger partial charge in [-0.2, -0.15) is 5.10 Å². The lowest BCUT2D eigenvalue weighted by Crippen LogP contribution is -2.39. The number of hydrogen-bond acceptors (Lipinski definition) is 3. The van der Waals surface area contributed by atoms with Crippen LogP contribution in [-0.4, -0.2) is 18.8 Å². The molecule has 0 atom stereocenters. The average molecular weight is 322 g/mol. The lowest BCUT2D eigenvalue weighted by molar-refractivity contribution is 0.296. The minimum atomic E-state index is 0.383. The van der Waals surface area contributed by atoms with E-state index in [0.29, 0.717) is 5.41 Å². The molecule has 1 saturated carbocycles. The van der Waals surface area contributed by atoms with Crippen molar-refractivity contribution in [3.63, 3.8) is 0 Å². The van der Waals surface area contributed by atoms with E-state index in [9.17, 15) is 0 Å². The van der Waals surface area contributed by atoms with Crippen molar-refractivity contribution >= 4 is 27.3 Å². The van der Waals surface area contributed by atoms with Crippen LogP contribution in [0, 0.1) is 5.41 Å². The second kappa shape index (κ2) is 5.63. The number of benzene rings is 1. The Kier molecular flexibility index (Phi) is 3.89. The monoisotopic (exact) mass is 321 g/mol. The highest BCUT2D eigenvalue weighted by molar-refractivity contribution is 9.10. The second-order valence-corrected chi connectivity index (χ2v) is 6.48. The highest BCUT2D eigenvalue weighted by Gasteiger charge is 2.40. The lowest BCUT2D eigenvalue weighted by Gasteiger charge is -2.34. The molecule has 1 aliphatic heterocycles. The molecule has 2 aliphatic rings. The molecular weight excluding hydrogens is 302 g/mol. The number of halogens is 1. The van der Waals surface area contributed by atoms with Gasteiger partial charge in [0.15, 0.2) is 0 Å². The van der Waals surface area contributed by atoms with Gasteiger partial charge in [-0.15, -0.1) is 0 Å². The first-order valence-corrected chi connectivity index (χ1v) is 7.87. The van der Waals surface area contributed by atoms with Crippen LogP contribution in [0.5, 0.6) is 0 Å². The van der Waals surface area contributed by atoms with Gasteiger partial charge in [0, 0.05) is 15.6 Å². The number of rotatable bonds is 2. The summed E-state index contributed by atoms with van der Waals surface area (Å²) in [7, 11) is 0. The third kappa shape index (κ3) is 2.84. The first-order valence-electron chi connectivity index (χ1n) is 7.08. The van der Waals surface area contributed by atoms with Crippen LogP contribution in [0.1, 0.15) is 32.1 Å². The van der Waals surface area contributed by atoms with Crippen molar-refractivity contribution in [1.82, 2.24) is 5.32 Å². The molecule has 1 aliphatic carbocycles. The van der Waals surface area contributed by atoms with Gasteiger partial charge in [0.1, 0.15) is 0 Å². The van der Waals surface area contributed by atoms with Crippen LogP contribution in [0.2, 0.25) is 0 Å². The molecule has 0 amide bonds. The van der Waals surface area contributed by atoms with Gasteiger partial charge < -0.3 is 5.32 Å². The zero-order valence-corrected chi connectivity index (χ0v) is 12.7. The molecule has 1 aromatic carbocycles. The number of hydrogen-bond donors (Lipinski definition) is 2. The molecule has 2 fully saturated rings. The topological polar surface area (TPSA) is 36.4 Å².